The molecule has 0 saturated carbocycles. The summed E-state index contributed by atoms with van der Waals surface area (Å²) in [5.41, 5.74) is 9.49. The summed E-state index contributed by atoms with van der Waals surface area (Å²) < 4.78 is 0. The summed E-state index contributed by atoms with van der Waals surface area (Å²) in [7, 11) is 1.96. The summed E-state index contributed by atoms with van der Waals surface area (Å²) in [5.74, 6) is 2.68. The van der Waals surface area contributed by atoms with Crippen molar-refractivity contribution in [2.24, 2.45) is 0 Å². The van der Waals surface area contributed by atoms with Crippen LogP contribution in [0.4, 0.5) is 17.1 Å². The van der Waals surface area contributed by atoms with Gasteiger partial charge in [0.25, 0.3) is 0 Å². The molecule has 0 saturated heterocycles. The fourth-order valence-corrected chi connectivity index (χ4v) is 1.81. The molecule has 0 fully saturated rings. The number of anilines is 3. The maximum Gasteiger partial charge on any atom is 0.0642 e. The topological polar surface area (TPSA) is 29.3 Å². The summed E-state index contributed by atoms with van der Waals surface area (Å²) in [6.45, 7) is 0. The normalized spacial score (nSPS) is 9.65. The molecule has 84 valence electrons. The zero-order chi connectivity index (χ0) is 12.3. The molecule has 0 spiro atoms. The van der Waals surface area contributed by atoms with Crippen LogP contribution in [0, 0.1) is 12.3 Å². The molecule has 0 aliphatic rings. The lowest BCUT2D eigenvalue weighted by Crippen LogP contribution is -2.12. The van der Waals surface area contributed by atoms with Gasteiger partial charge in [-0.15, -0.1) is 6.42 Å². The highest BCUT2D eigenvalue weighted by molar-refractivity contribution is 5.77. The highest BCUT2D eigenvalue weighted by Gasteiger charge is 2.09. The average molecular weight is 222 g/mol. The Labute approximate surface area is 102 Å². The third-order valence-electron chi connectivity index (χ3n) is 2.72. The SMILES string of the molecule is C#Cc1ccccc1N(C)c1ccccc1N. The Hall–Kier alpha value is -2.40. The number of hydrogen-bond acceptors (Lipinski definition) is 2. The van der Waals surface area contributed by atoms with E-state index in [-0.39, 0.29) is 0 Å². The predicted molar refractivity (Wildman–Crippen MR) is 73.3 cm³/mol. The lowest BCUT2D eigenvalue weighted by molar-refractivity contribution is 1.20. The molecule has 0 aliphatic heterocycles. The van der Waals surface area contributed by atoms with E-state index in [0.717, 1.165) is 22.6 Å². The number of rotatable bonds is 2. The molecule has 0 aromatic heterocycles. The second kappa shape index (κ2) is 4.63. The number of nitrogen functional groups attached to an aromatic ring is 1. The Morgan fingerprint density at radius 1 is 1.00 bits per heavy atom. The number of terminal acetylenes is 1. The molecule has 2 heteroatoms. The van der Waals surface area contributed by atoms with Gasteiger partial charge in [-0.1, -0.05) is 30.2 Å². The van der Waals surface area contributed by atoms with E-state index in [1.54, 1.807) is 0 Å². The van der Waals surface area contributed by atoms with Crippen molar-refractivity contribution in [2.75, 3.05) is 17.7 Å². The molecule has 17 heavy (non-hydrogen) atoms. The van der Waals surface area contributed by atoms with Gasteiger partial charge >= 0.3 is 0 Å². The molecule has 2 aromatic carbocycles. The Kier molecular flexibility index (Phi) is 3.02. The van der Waals surface area contributed by atoms with Crippen molar-refractivity contribution in [3.05, 3.63) is 54.1 Å². The van der Waals surface area contributed by atoms with Gasteiger partial charge in [0.1, 0.15) is 0 Å². The standard InChI is InChI=1S/C15H14N2/c1-3-12-8-4-6-10-14(12)17(2)15-11-7-5-9-13(15)16/h1,4-11H,16H2,2H3. The van der Waals surface area contributed by atoms with Crippen molar-refractivity contribution in [3.63, 3.8) is 0 Å². The fourth-order valence-electron chi connectivity index (χ4n) is 1.81. The Morgan fingerprint density at radius 3 is 2.24 bits per heavy atom. The Morgan fingerprint density at radius 2 is 1.59 bits per heavy atom. The summed E-state index contributed by atoms with van der Waals surface area (Å²) in [6.07, 6.45) is 5.50. The van der Waals surface area contributed by atoms with Gasteiger partial charge in [0, 0.05) is 12.6 Å². The van der Waals surface area contributed by atoms with Gasteiger partial charge in [-0.05, 0) is 24.3 Å². The van der Waals surface area contributed by atoms with Gasteiger partial charge in [-0.3, -0.25) is 0 Å². The van der Waals surface area contributed by atoms with Gasteiger partial charge in [0.15, 0.2) is 0 Å². The third kappa shape index (κ3) is 2.09. The van der Waals surface area contributed by atoms with Crippen LogP contribution in [0.15, 0.2) is 48.5 Å². The first-order valence-corrected chi connectivity index (χ1v) is 5.38. The maximum absolute atomic E-state index is 5.96. The van der Waals surface area contributed by atoms with Gasteiger partial charge in [0.2, 0.25) is 0 Å². The minimum Gasteiger partial charge on any atom is -0.397 e. The third-order valence-corrected chi connectivity index (χ3v) is 2.72. The lowest BCUT2D eigenvalue weighted by atomic mass is 10.1. The van der Waals surface area contributed by atoms with Crippen molar-refractivity contribution >= 4 is 17.1 Å². The van der Waals surface area contributed by atoms with Crippen LogP contribution in [0.1, 0.15) is 5.56 Å². The highest BCUT2D eigenvalue weighted by Crippen LogP contribution is 2.30. The van der Waals surface area contributed by atoms with Crippen LogP contribution in [-0.4, -0.2) is 7.05 Å². The molecule has 0 radical (unpaired) electrons. The number of nitrogens with zero attached hydrogens (tertiary/aromatic N) is 1. The minimum atomic E-state index is 0.738. The predicted octanol–water partition coefficient (Wildman–Crippen LogP) is 3.02. The zero-order valence-electron chi connectivity index (χ0n) is 9.72. The molecule has 0 amide bonds. The quantitative estimate of drug-likeness (QED) is 0.625. The van der Waals surface area contributed by atoms with E-state index < -0.39 is 0 Å². The highest BCUT2D eigenvalue weighted by atomic mass is 15.1. The molecule has 0 aliphatic carbocycles. The first-order valence-electron chi connectivity index (χ1n) is 5.38. The summed E-state index contributed by atoms with van der Waals surface area (Å²) in [4.78, 5) is 2.00. The van der Waals surface area contributed by atoms with Crippen LogP contribution < -0.4 is 10.6 Å². The number of para-hydroxylation sites is 3. The molecule has 2 N–H and O–H groups in total. The van der Waals surface area contributed by atoms with E-state index in [2.05, 4.69) is 5.92 Å². The molecule has 2 rings (SSSR count). The number of nitrogens with two attached hydrogens (primary N) is 1. The molecule has 0 atom stereocenters. The monoisotopic (exact) mass is 222 g/mol. The van der Waals surface area contributed by atoms with Crippen molar-refractivity contribution in [1.82, 2.24) is 0 Å². The molecular formula is C15H14N2. The summed E-state index contributed by atoms with van der Waals surface area (Å²) in [6, 6.07) is 15.5. The van der Waals surface area contributed by atoms with Gasteiger partial charge in [0.05, 0.1) is 17.1 Å². The smallest absolute Gasteiger partial charge is 0.0642 e. The molecule has 0 bridgehead atoms. The van der Waals surface area contributed by atoms with E-state index in [1.165, 1.54) is 0 Å². The Bertz CT molecular complexity index is 567. The molecule has 0 heterocycles. The van der Waals surface area contributed by atoms with Crippen LogP contribution in [-0.2, 0) is 0 Å². The molecule has 2 aromatic rings. The average Bonchev–Trinajstić information content (AvgIpc) is 2.38. The number of hydrogen-bond donors (Lipinski definition) is 1. The second-order valence-electron chi connectivity index (χ2n) is 3.78. The Balaban J connectivity index is 2.48. The van der Waals surface area contributed by atoms with Crippen molar-refractivity contribution in [1.29, 1.82) is 0 Å². The van der Waals surface area contributed by atoms with Crippen LogP contribution in [0.2, 0.25) is 0 Å². The maximum atomic E-state index is 5.96. The van der Waals surface area contributed by atoms with Crippen LogP contribution >= 0.6 is 0 Å². The molecule has 0 unspecified atom stereocenters. The van der Waals surface area contributed by atoms with Crippen LogP contribution in [0.3, 0.4) is 0 Å². The van der Waals surface area contributed by atoms with E-state index in [4.69, 9.17) is 12.2 Å². The van der Waals surface area contributed by atoms with Crippen molar-refractivity contribution < 1.29 is 0 Å². The van der Waals surface area contributed by atoms with Gasteiger partial charge < -0.3 is 10.6 Å². The number of benzene rings is 2. The van der Waals surface area contributed by atoms with E-state index >= 15 is 0 Å². The van der Waals surface area contributed by atoms with Gasteiger partial charge in [-0.25, -0.2) is 0 Å². The van der Waals surface area contributed by atoms with E-state index in [1.807, 2.05) is 60.5 Å². The van der Waals surface area contributed by atoms with Crippen molar-refractivity contribution in [3.8, 4) is 12.3 Å². The second-order valence-corrected chi connectivity index (χ2v) is 3.78. The van der Waals surface area contributed by atoms with E-state index in [0.29, 0.717) is 0 Å². The minimum absolute atomic E-state index is 0.738. The molecular weight excluding hydrogens is 208 g/mol. The van der Waals surface area contributed by atoms with Crippen LogP contribution in [0.25, 0.3) is 0 Å². The van der Waals surface area contributed by atoms with Crippen molar-refractivity contribution in [2.45, 2.75) is 0 Å². The van der Waals surface area contributed by atoms with E-state index in [9.17, 15) is 0 Å². The lowest BCUT2D eigenvalue weighted by Gasteiger charge is -2.22. The molecule has 2 nitrogen and oxygen atoms in total. The largest absolute Gasteiger partial charge is 0.397 e. The first-order chi connectivity index (χ1) is 8.24. The zero-order valence-corrected chi connectivity index (χ0v) is 9.72. The van der Waals surface area contributed by atoms with Gasteiger partial charge in [-0.2, -0.15) is 0 Å². The first kappa shape index (κ1) is 11.1. The fraction of sp³-hybridized carbons (Fsp3) is 0.0667. The van der Waals surface area contributed by atoms with Crippen LogP contribution in [0.5, 0.6) is 0 Å². The summed E-state index contributed by atoms with van der Waals surface area (Å²) in [5, 5.41) is 0. The summed E-state index contributed by atoms with van der Waals surface area (Å²) >= 11 is 0.